The fourth-order valence-corrected chi connectivity index (χ4v) is 6.94. The van der Waals surface area contributed by atoms with Crippen LogP contribution in [0.5, 0.6) is 11.5 Å². The number of esters is 1. The number of hydrogen-bond acceptors (Lipinski definition) is 7. The summed E-state index contributed by atoms with van der Waals surface area (Å²) in [5.74, 6) is 0.795. The molecule has 0 spiro atoms. The summed E-state index contributed by atoms with van der Waals surface area (Å²) in [5.41, 5.74) is 3.81. The van der Waals surface area contributed by atoms with Gasteiger partial charge in [0.2, 0.25) is 0 Å². The molecule has 7 rings (SSSR count). The summed E-state index contributed by atoms with van der Waals surface area (Å²) in [6.45, 7) is 2.32. The first-order valence-corrected chi connectivity index (χ1v) is 16.5. The number of fused-ring (bicyclic) bond motifs is 2. The summed E-state index contributed by atoms with van der Waals surface area (Å²) >= 11 is 1.28. The van der Waals surface area contributed by atoms with Crippen molar-refractivity contribution in [2.24, 2.45) is 4.99 Å². The number of benzene rings is 5. The Balaban J connectivity index is 1.46. The molecule has 48 heavy (non-hydrogen) atoms. The SMILES string of the molecule is CCOC(=O)C1=C(c2ccccc2)N=c2s/c(=C\c3c(OCc4ccccc4)ccc4ccccc34)c(=O)n2[C@@H]1c1ccc(OC)cc1. The minimum absolute atomic E-state index is 0.178. The van der Waals surface area contributed by atoms with E-state index in [9.17, 15) is 9.59 Å². The Hall–Kier alpha value is -5.73. The number of carbonyl (C=O) groups excluding carboxylic acids is 1. The maximum atomic E-state index is 14.6. The Kier molecular flexibility index (Phi) is 8.72. The summed E-state index contributed by atoms with van der Waals surface area (Å²) in [5, 5.41) is 1.98. The maximum absolute atomic E-state index is 14.6. The zero-order valence-corrected chi connectivity index (χ0v) is 27.3. The van der Waals surface area contributed by atoms with Crippen LogP contribution in [0.15, 0.2) is 137 Å². The molecule has 0 amide bonds. The number of methoxy groups -OCH3 is 1. The molecule has 0 unspecified atom stereocenters. The van der Waals surface area contributed by atoms with Gasteiger partial charge in [0, 0.05) is 11.1 Å². The average molecular weight is 653 g/mol. The zero-order chi connectivity index (χ0) is 33.0. The lowest BCUT2D eigenvalue weighted by molar-refractivity contribution is -0.138. The molecule has 2 heterocycles. The quantitative estimate of drug-likeness (QED) is 0.163. The Bertz CT molecular complexity index is 2330. The number of aromatic nitrogens is 1. The van der Waals surface area contributed by atoms with Crippen LogP contribution >= 0.6 is 11.3 Å². The van der Waals surface area contributed by atoms with E-state index in [2.05, 4.69) is 0 Å². The second kappa shape index (κ2) is 13.6. The fraction of sp³-hybridized carbons (Fsp3) is 0.125. The molecule has 0 radical (unpaired) electrons. The van der Waals surface area contributed by atoms with Gasteiger partial charge in [-0.15, -0.1) is 0 Å². The van der Waals surface area contributed by atoms with Crippen LogP contribution in [-0.2, 0) is 16.1 Å². The molecule has 1 atom stereocenters. The van der Waals surface area contributed by atoms with Crippen LogP contribution in [0.25, 0.3) is 22.5 Å². The zero-order valence-electron chi connectivity index (χ0n) is 26.5. The van der Waals surface area contributed by atoms with Crippen molar-refractivity contribution in [1.29, 1.82) is 0 Å². The number of rotatable bonds is 9. The van der Waals surface area contributed by atoms with Crippen LogP contribution in [0, 0.1) is 0 Å². The summed E-state index contributed by atoms with van der Waals surface area (Å²) in [6, 6.07) is 38.1. The van der Waals surface area contributed by atoms with E-state index in [1.54, 1.807) is 18.6 Å². The van der Waals surface area contributed by atoms with E-state index in [0.29, 0.717) is 38.7 Å². The Morgan fingerprint density at radius 3 is 2.31 bits per heavy atom. The molecule has 0 aliphatic carbocycles. The number of thiazole rings is 1. The van der Waals surface area contributed by atoms with Gasteiger partial charge in [-0.3, -0.25) is 9.36 Å². The molecule has 0 saturated heterocycles. The van der Waals surface area contributed by atoms with Crippen molar-refractivity contribution in [2.45, 2.75) is 19.6 Å². The molecule has 6 aromatic rings. The molecule has 5 aromatic carbocycles. The van der Waals surface area contributed by atoms with Crippen molar-refractivity contribution in [3.8, 4) is 11.5 Å². The number of carbonyl (C=O) groups is 1. The highest BCUT2D eigenvalue weighted by Gasteiger charge is 2.35. The molecule has 8 heteroatoms. The molecule has 1 aliphatic heterocycles. The fourth-order valence-electron chi connectivity index (χ4n) is 5.96. The van der Waals surface area contributed by atoms with Gasteiger partial charge in [0.05, 0.1) is 35.6 Å². The monoisotopic (exact) mass is 652 g/mol. The van der Waals surface area contributed by atoms with Crippen molar-refractivity contribution in [3.05, 3.63) is 169 Å². The Morgan fingerprint density at radius 2 is 1.58 bits per heavy atom. The molecular weight excluding hydrogens is 621 g/mol. The van der Waals surface area contributed by atoms with Crippen molar-refractivity contribution in [2.75, 3.05) is 13.7 Å². The maximum Gasteiger partial charge on any atom is 0.338 e. The minimum atomic E-state index is -0.787. The molecule has 7 nitrogen and oxygen atoms in total. The molecule has 1 aliphatic rings. The van der Waals surface area contributed by atoms with Gasteiger partial charge in [0.25, 0.3) is 5.56 Å². The van der Waals surface area contributed by atoms with Gasteiger partial charge in [-0.25, -0.2) is 9.79 Å². The summed E-state index contributed by atoms with van der Waals surface area (Å²) in [4.78, 5) is 33.8. The molecule has 0 saturated carbocycles. The van der Waals surface area contributed by atoms with Crippen LogP contribution < -0.4 is 24.4 Å². The van der Waals surface area contributed by atoms with Gasteiger partial charge < -0.3 is 14.2 Å². The van der Waals surface area contributed by atoms with Gasteiger partial charge in [-0.1, -0.05) is 114 Å². The molecule has 0 fully saturated rings. The van der Waals surface area contributed by atoms with E-state index in [1.807, 2.05) is 127 Å². The Morgan fingerprint density at radius 1 is 0.875 bits per heavy atom. The highest BCUT2D eigenvalue weighted by molar-refractivity contribution is 7.07. The third-order valence-corrected chi connectivity index (χ3v) is 9.23. The van der Waals surface area contributed by atoms with Gasteiger partial charge in [-0.2, -0.15) is 0 Å². The first-order chi connectivity index (χ1) is 23.6. The first-order valence-electron chi connectivity index (χ1n) is 15.7. The molecule has 1 aromatic heterocycles. The highest BCUT2D eigenvalue weighted by Crippen LogP contribution is 2.36. The van der Waals surface area contributed by atoms with Gasteiger partial charge >= 0.3 is 5.97 Å². The standard InChI is InChI=1S/C40H32N2O5S/c1-3-46-39(44)35-36(28-15-8-5-9-16-28)41-40-42(37(35)29-18-21-30(45-2)22-19-29)38(43)34(48-40)24-32-31-17-11-10-14-27(31)20-23-33(32)47-25-26-12-6-4-7-13-26/h4-24,37H,3,25H2,1-2H3/b34-24-/t37-/m1/s1. The lowest BCUT2D eigenvalue weighted by Crippen LogP contribution is -2.40. The van der Waals surface area contributed by atoms with Crippen LogP contribution in [0.4, 0.5) is 0 Å². The van der Waals surface area contributed by atoms with Crippen molar-refractivity contribution in [1.82, 2.24) is 4.57 Å². The predicted molar refractivity (Wildman–Crippen MR) is 189 cm³/mol. The third-order valence-electron chi connectivity index (χ3n) is 8.25. The lowest BCUT2D eigenvalue weighted by atomic mass is 9.93. The van der Waals surface area contributed by atoms with E-state index in [1.165, 1.54) is 11.3 Å². The van der Waals surface area contributed by atoms with Crippen molar-refractivity contribution >= 4 is 39.9 Å². The number of hydrogen-bond donors (Lipinski definition) is 0. The van der Waals surface area contributed by atoms with E-state index in [4.69, 9.17) is 19.2 Å². The lowest BCUT2D eigenvalue weighted by Gasteiger charge is -2.26. The second-order valence-electron chi connectivity index (χ2n) is 11.2. The molecule has 0 N–H and O–H groups in total. The van der Waals surface area contributed by atoms with E-state index in [-0.39, 0.29) is 12.2 Å². The Labute approximate surface area is 281 Å². The van der Waals surface area contributed by atoms with Gasteiger partial charge in [-0.05, 0) is 53.1 Å². The summed E-state index contributed by atoms with van der Waals surface area (Å²) in [7, 11) is 1.60. The second-order valence-corrected chi connectivity index (χ2v) is 12.2. The van der Waals surface area contributed by atoms with Crippen molar-refractivity contribution < 1.29 is 19.0 Å². The smallest absolute Gasteiger partial charge is 0.338 e. The number of ether oxygens (including phenoxy) is 3. The van der Waals surface area contributed by atoms with E-state index < -0.39 is 12.0 Å². The minimum Gasteiger partial charge on any atom is -0.497 e. The molecular formula is C40H32N2O5S. The average Bonchev–Trinajstić information content (AvgIpc) is 3.45. The third kappa shape index (κ3) is 5.94. The highest BCUT2D eigenvalue weighted by atomic mass is 32.1. The normalized spacial score (nSPS) is 14.4. The topological polar surface area (TPSA) is 79.1 Å². The van der Waals surface area contributed by atoms with Gasteiger partial charge in [0.15, 0.2) is 4.80 Å². The van der Waals surface area contributed by atoms with Crippen LogP contribution in [0.1, 0.15) is 35.2 Å². The van der Waals surface area contributed by atoms with E-state index in [0.717, 1.165) is 33.0 Å². The summed E-state index contributed by atoms with van der Waals surface area (Å²) < 4.78 is 19.4. The van der Waals surface area contributed by atoms with E-state index >= 15 is 0 Å². The number of nitrogens with zero attached hydrogens (tertiary/aromatic N) is 2. The van der Waals surface area contributed by atoms with Crippen molar-refractivity contribution in [3.63, 3.8) is 0 Å². The van der Waals surface area contributed by atoms with Crippen LogP contribution in [-0.4, -0.2) is 24.3 Å². The first kappa shape index (κ1) is 30.9. The van der Waals surface area contributed by atoms with Crippen LogP contribution in [0.3, 0.4) is 0 Å². The molecule has 0 bridgehead atoms. The predicted octanol–water partition coefficient (Wildman–Crippen LogP) is 6.68. The summed E-state index contributed by atoms with van der Waals surface area (Å²) in [6.07, 6.45) is 1.88. The largest absolute Gasteiger partial charge is 0.497 e. The molecule has 238 valence electrons. The van der Waals surface area contributed by atoms with Gasteiger partial charge in [0.1, 0.15) is 18.1 Å². The van der Waals surface area contributed by atoms with Crippen LogP contribution in [0.2, 0.25) is 0 Å².